The monoisotopic (exact) mass is 329 g/mol. The Labute approximate surface area is 141 Å². The van der Waals surface area contributed by atoms with E-state index < -0.39 is 0 Å². The number of nitrogens with zero attached hydrogens (tertiary/aromatic N) is 1. The Hall–Kier alpha value is -2.63. The van der Waals surface area contributed by atoms with Gasteiger partial charge in [0.1, 0.15) is 0 Å². The SMILES string of the molecule is CC(=O)Nc1ccc(/C=C/C(=O)N2CCCC[C@H]2CC(N)=O)cc1. The minimum atomic E-state index is -0.378. The molecule has 1 aromatic rings. The van der Waals surface area contributed by atoms with E-state index in [-0.39, 0.29) is 30.2 Å². The van der Waals surface area contributed by atoms with E-state index in [9.17, 15) is 14.4 Å². The van der Waals surface area contributed by atoms with E-state index in [4.69, 9.17) is 5.73 Å². The van der Waals surface area contributed by atoms with Gasteiger partial charge in [-0.2, -0.15) is 0 Å². The van der Waals surface area contributed by atoms with E-state index in [1.165, 1.54) is 13.0 Å². The molecule has 2 rings (SSSR count). The van der Waals surface area contributed by atoms with Gasteiger partial charge in [0.25, 0.3) is 0 Å². The first kappa shape index (κ1) is 17.7. The molecule has 1 aliphatic rings. The number of nitrogens with two attached hydrogens (primary N) is 1. The number of nitrogens with one attached hydrogen (secondary N) is 1. The summed E-state index contributed by atoms with van der Waals surface area (Å²) < 4.78 is 0. The van der Waals surface area contributed by atoms with Crippen LogP contribution in [0.4, 0.5) is 5.69 Å². The second-order valence-electron chi connectivity index (χ2n) is 5.99. The van der Waals surface area contributed by atoms with E-state index in [1.54, 1.807) is 23.1 Å². The van der Waals surface area contributed by atoms with Crippen molar-refractivity contribution in [2.45, 2.75) is 38.6 Å². The first-order valence-corrected chi connectivity index (χ1v) is 8.10. The van der Waals surface area contributed by atoms with Gasteiger partial charge >= 0.3 is 0 Å². The zero-order valence-electron chi connectivity index (χ0n) is 13.8. The van der Waals surface area contributed by atoms with Crippen LogP contribution in [0.3, 0.4) is 0 Å². The van der Waals surface area contributed by atoms with Gasteiger partial charge in [-0.25, -0.2) is 0 Å². The largest absolute Gasteiger partial charge is 0.370 e. The summed E-state index contributed by atoms with van der Waals surface area (Å²) in [5, 5.41) is 2.69. The van der Waals surface area contributed by atoms with Gasteiger partial charge in [-0.05, 0) is 43.0 Å². The second-order valence-corrected chi connectivity index (χ2v) is 5.99. The molecule has 1 saturated heterocycles. The number of primary amides is 1. The smallest absolute Gasteiger partial charge is 0.246 e. The topological polar surface area (TPSA) is 92.5 Å². The molecule has 0 radical (unpaired) electrons. The van der Waals surface area contributed by atoms with Crippen LogP contribution in [0.15, 0.2) is 30.3 Å². The highest BCUT2D eigenvalue weighted by Gasteiger charge is 2.26. The lowest BCUT2D eigenvalue weighted by Crippen LogP contribution is -2.44. The molecule has 0 saturated carbocycles. The van der Waals surface area contributed by atoms with Crippen LogP contribution in [-0.2, 0) is 14.4 Å². The van der Waals surface area contributed by atoms with Gasteiger partial charge in [-0.1, -0.05) is 12.1 Å². The van der Waals surface area contributed by atoms with E-state index in [1.807, 2.05) is 12.1 Å². The molecule has 1 fully saturated rings. The maximum atomic E-state index is 12.4. The van der Waals surface area contributed by atoms with E-state index in [2.05, 4.69) is 5.32 Å². The molecule has 0 bridgehead atoms. The highest BCUT2D eigenvalue weighted by Crippen LogP contribution is 2.20. The molecule has 0 spiro atoms. The normalized spacial score (nSPS) is 17.7. The highest BCUT2D eigenvalue weighted by molar-refractivity contribution is 5.93. The van der Waals surface area contributed by atoms with Crippen molar-refractivity contribution >= 4 is 29.5 Å². The quantitative estimate of drug-likeness (QED) is 0.808. The van der Waals surface area contributed by atoms with Gasteiger partial charge in [-0.15, -0.1) is 0 Å². The molecule has 1 aromatic carbocycles. The maximum Gasteiger partial charge on any atom is 0.246 e. The third-order valence-electron chi connectivity index (χ3n) is 4.00. The van der Waals surface area contributed by atoms with Crippen LogP contribution in [0.2, 0.25) is 0 Å². The molecular weight excluding hydrogens is 306 g/mol. The van der Waals surface area contributed by atoms with Gasteiger partial charge in [0.15, 0.2) is 0 Å². The van der Waals surface area contributed by atoms with E-state index in [0.717, 1.165) is 24.8 Å². The molecule has 3 amide bonds. The molecule has 6 nitrogen and oxygen atoms in total. The number of carbonyl (C=O) groups excluding carboxylic acids is 3. The molecule has 1 heterocycles. The molecule has 0 aromatic heterocycles. The van der Waals surface area contributed by atoms with Crippen molar-refractivity contribution in [1.29, 1.82) is 0 Å². The summed E-state index contributed by atoms with van der Waals surface area (Å²) in [6, 6.07) is 7.11. The average molecular weight is 329 g/mol. The number of hydrogen-bond acceptors (Lipinski definition) is 3. The Morgan fingerprint density at radius 3 is 2.58 bits per heavy atom. The summed E-state index contributed by atoms with van der Waals surface area (Å²) in [4.78, 5) is 36.3. The fraction of sp³-hybridized carbons (Fsp3) is 0.389. The van der Waals surface area contributed by atoms with Gasteiger partial charge in [0, 0.05) is 37.7 Å². The molecule has 1 aliphatic heterocycles. The van der Waals surface area contributed by atoms with Crippen molar-refractivity contribution in [2.24, 2.45) is 5.73 Å². The molecule has 24 heavy (non-hydrogen) atoms. The Morgan fingerprint density at radius 2 is 1.96 bits per heavy atom. The van der Waals surface area contributed by atoms with E-state index in [0.29, 0.717) is 12.2 Å². The lowest BCUT2D eigenvalue weighted by molar-refractivity contribution is -0.131. The summed E-state index contributed by atoms with van der Waals surface area (Å²) in [6.45, 7) is 2.11. The fourth-order valence-electron chi connectivity index (χ4n) is 2.88. The van der Waals surface area contributed by atoms with Crippen LogP contribution in [-0.4, -0.2) is 35.2 Å². The predicted octanol–water partition coefficient (Wildman–Crippen LogP) is 1.91. The summed E-state index contributed by atoms with van der Waals surface area (Å²) >= 11 is 0. The van der Waals surface area contributed by atoms with Crippen LogP contribution in [0.5, 0.6) is 0 Å². The number of anilines is 1. The molecule has 6 heteroatoms. The average Bonchev–Trinajstić information content (AvgIpc) is 2.53. The van der Waals surface area contributed by atoms with Crippen molar-refractivity contribution in [1.82, 2.24) is 4.90 Å². The van der Waals surface area contributed by atoms with Crippen molar-refractivity contribution in [2.75, 3.05) is 11.9 Å². The Kier molecular flexibility index (Phi) is 6.12. The molecule has 0 unspecified atom stereocenters. The lowest BCUT2D eigenvalue weighted by atomic mass is 9.99. The minimum Gasteiger partial charge on any atom is -0.370 e. The van der Waals surface area contributed by atoms with Crippen molar-refractivity contribution in [3.05, 3.63) is 35.9 Å². The van der Waals surface area contributed by atoms with Crippen molar-refractivity contribution < 1.29 is 14.4 Å². The number of rotatable bonds is 5. The van der Waals surface area contributed by atoms with Crippen LogP contribution in [0.25, 0.3) is 6.08 Å². The van der Waals surface area contributed by atoms with Crippen molar-refractivity contribution in [3.8, 4) is 0 Å². The molecule has 1 atom stereocenters. The Morgan fingerprint density at radius 1 is 1.25 bits per heavy atom. The molecule has 3 N–H and O–H groups in total. The first-order chi connectivity index (χ1) is 11.5. The zero-order chi connectivity index (χ0) is 17.5. The number of amides is 3. The molecule has 128 valence electrons. The fourth-order valence-corrected chi connectivity index (χ4v) is 2.88. The summed E-state index contributed by atoms with van der Waals surface area (Å²) in [5.74, 6) is -0.608. The number of hydrogen-bond donors (Lipinski definition) is 2. The number of benzene rings is 1. The summed E-state index contributed by atoms with van der Waals surface area (Å²) in [5.41, 5.74) is 6.85. The summed E-state index contributed by atoms with van der Waals surface area (Å²) in [7, 11) is 0. The second kappa shape index (κ2) is 8.29. The summed E-state index contributed by atoms with van der Waals surface area (Å²) in [6.07, 6.45) is 6.23. The third-order valence-corrected chi connectivity index (χ3v) is 4.00. The molecular formula is C18H23N3O3. The van der Waals surface area contributed by atoms with Crippen molar-refractivity contribution in [3.63, 3.8) is 0 Å². The van der Waals surface area contributed by atoms with Gasteiger partial charge in [0.05, 0.1) is 0 Å². The Balaban J connectivity index is 2.00. The number of carbonyl (C=O) groups is 3. The van der Waals surface area contributed by atoms with Crippen LogP contribution in [0, 0.1) is 0 Å². The third kappa shape index (κ3) is 5.22. The lowest BCUT2D eigenvalue weighted by Gasteiger charge is -2.34. The Bertz CT molecular complexity index is 637. The first-order valence-electron chi connectivity index (χ1n) is 8.10. The van der Waals surface area contributed by atoms with Gasteiger partial charge in [0.2, 0.25) is 17.7 Å². The highest BCUT2D eigenvalue weighted by atomic mass is 16.2. The maximum absolute atomic E-state index is 12.4. The predicted molar refractivity (Wildman–Crippen MR) is 92.9 cm³/mol. The van der Waals surface area contributed by atoms with E-state index >= 15 is 0 Å². The van der Waals surface area contributed by atoms with Crippen LogP contribution in [0.1, 0.15) is 38.2 Å². The minimum absolute atomic E-state index is 0.101. The van der Waals surface area contributed by atoms with Gasteiger partial charge < -0.3 is 16.0 Å². The zero-order valence-corrected chi connectivity index (χ0v) is 13.8. The number of piperidine rings is 1. The van der Waals surface area contributed by atoms with Gasteiger partial charge in [-0.3, -0.25) is 14.4 Å². The molecule has 0 aliphatic carbocycles. The van der Waals surface area contributed by atoms with Crippen LogP contribution >= 0.6 is 0 Å². The standard InChI is InChI=1S/C18H23N3O3/c1-13(22)20-15-8-5-14(6-9-15)7-10-18(24)21-11-3-2-4-16(21)12-17(19)23/h5-10,16H,2-4,11-12H2,1H3,(H2,19,23)(H,20,22)/b10-7+/t16-/m0/s1. The van der Waals surface area contributed by atoms with Crippen LogP contribution < -0.4 is 11.1 Å². The number of likely N-dealkylation sites (tertiary alicyclic amines) is 1.